The second-order valence-corrected chi connectivity index (χ2v) is 3.95. The molecule has 0 unspecified atom stereocenters. The fraction of sp³-hybridized carbons (Fsp3) is 0.0833. The van der Waals surface area contributed by atoms with Crippen LogP contribution < -0.4 is 5.73 Å². The van der Waals surface area contributed by atoms with E-state index in [1.807, 2.05) is 6.07 Å². The quantitative estimate of drug-likeness (QED) is 0.646. The van der Waals surface area contributed by atoms with Crippen molar-refractivity contribution in [3.05, 3.63) is 51.2 Å². The molecule has 0 aliphatic heterocycles. The molecule has 0 bridgehead atoms. The van der Waals surface area contributed by atoms with Gasteiger partial charge in [-0.15, -0.1) is 0 Å². The number of aromatic nitrogens is 2. The Bertz CT molecular complexity index is 757. The summed E-state index contributed by atoms with van der Waals surface area (Å²) in [6.07, 6.45) is 0. The Morgan fingerprint density at radius 1 is 1.50 bits per heavy atom. The van der Waals surface area contributed by atoms with Gasteiger partial charge in [0, 0.05) is 6.07 Å². The average Bonchev–Trinajstić information content (AvgIpc) is 2.72. The van der Waals surface area contributed by atoms with Crippen LogP contribution in [0, 0.1) is 28.4 Å². The maximum absolute atomic E-state index is 12.3. The second kappa shape index (κ2) is 4.81. The third kappa shape index (κ3) is 1.97. The van der Waals surface area contributed by atoms with Crippen LogP contribution in [-0.4, -0.2) is 20.6 Å². The Labute approximate surface area is 113 Å². The van der Waals surface area contributed by atoms with Gasteiger partial charge in [0.2, 0.25) is 0 Å². The number of rotatable bonds is 2. The zero-order valence-corrected chi connectivity index (χ0v) is 10.4. The zero-order chi connectivity index (χ0) is 14.9. The van der Waals surface area contributed by atoms with Gasteiger partial charge in [0.25, 0.3) is 11.6 Å². The molecule has 8 nitrogen and oxygen atoms in total. The van der Waals surface area contributed by atoms with Crippen LogP contribution in [-0.2, 0) is 0 Å². The summed E-state index contributed by atoms with van der Waals surface area (Å²) in [7, 11) is 0. The van der Waals surface area contributed by atoms with Gasteiger partial charge < -0.3 is 5.73 Å². The maximum Gasteiger partial charge on any atom is 0.287 e. The molecule has 0 aliphatic carbocycles. The van der Waals surface area contributed by atoms with Crippen molar-refractivity contribution < 1.29 is 9.72 Å². The zero-order valence-electron chi connectivity index (χ0n) is 10.4. The van der Waals surface area contributed by atoms with Crippen LogP contribution in [0.2, 0.25) is 0 Å². The number of nitrogen functional groups attached to an aromatic ring is 1. The van der Waals surface area contributed by atoms with Crippen molar-refractivity contribution in [3.8, 4) is 6.07 Å². The number of nitro benzene ring substituents is 1. The van der Waals surface area contributed by atoms with E-state index in [0.717, 1.165) is 4.68 Å². The SMILES string of the molecule is Cc1nn(C(=O)c2ccccc2[N+](=O)[O-])c(N)c1C#N. The molecular formula is C12H9N5O3. The molecule has 0 spiro atoms. The molecule has 2 aromatic rings. The third-order valence-corrected chi connectivity index (χ3v) is 2.73. The minimum Gasteiger partial charge on any atom is -0.382 e. The summed E-state index contributed by atoms with van der Waals surface area (Å²) in [5.74, 6) is -0.882. The molecule has 0 atom stereocenters. The molecule has 1 aromatic carbocycles. The van der Waals surface area contributed by atoms with E-state index < -0.39 is 10.8 Å². The molecule has 0 fully saturated rings. The first-order valence-corrected chi connectivity index (χ1v) is 5.50. The number of hydrogen-bond acceptors (Lipinski definition) is 6. The first-order valence-electron chi connectivity index (χ1n) is 5.50. The molecule has 20 heavy (non-hydrogen) atoms. The highest BCUT2D eigenvalue weighted by Crippen LogP contribution is 2.22. The van der Waals surface area contributed by atoms with Gasteiger partial charge >= 0.3 is 0 Å². The Kier molecular flexibility index (Phi) is 3.18. The molecule has 0 saturated carbocycles. The fourth-order valence-corrected chi connectivity index (χ4v) is 1.77. The number of carbonyl (C=O) groups is 1. The van der Waals surface area contributed by atoms with Crippen molar-refractivity contribution in [1.29, 1.82) is 5.26 Å². The predicted octanol–water partition coefficient (Wildman–Crippen LogP) is 1.24. The molecule has 0 saturated heterocycles. The molecular weight excluding hydrogens is 262 g/mol. The monoisotopic (exact) mass is 271 g/mol. The first kappa shape index (κ1) is 13.2. The number of nitriles is 1. The summed E-state index contributed by atoms with van der Waals surface area (Å²) in [5, 5.41) is 23.7. The van der Waals surface area contributed by atoms with Crippen LogP contribution in [0.15, 0.2) is 24.3 Å². The summed E-state index contributed by atoms with van der Waals surface area (Å²) in [4.78, 5) is 22.5. The molecule has 1 aromatic heterocycles. The van der Waals surface area contributed by atoms with Crippen molar-refractivity contribution in [2.24, 2.45) is 0 Å². The molecule has 8 heteroatoms. The fourth-order valence-electron chi connectivity index (χ4n) is 1.77. The largest absolute Gasteiger partial charge is 0.382 e. The number of carbonyl (C=O) groups excluding carboxylic acids is 1. The van der Waals surface area contributed by atoms with Crippen molar-refractivity contribution in [2.45, 2.75) is 6.92 Å². The number of anilines is 1. The van der Waals surface area contributed by atoms with Gasteiger partial charge in [-0.2, -0.15) is 15.0 Å². The number of nitrogens with zero attached hydrogens (tertiary/aromatic N) is 4. The lowest BCUT2D eigenvalue weighted by atomic mass is 10.1. The van der Waals surface area contributed by atoms with E-state index in [4.69, 9.17) is 11.0 Å². The van der Waals surface area contributed by atoms with Crippen LogP contribution in [0.3, 0.4) is 0 Å². The van der Waals surface area contributed by atoms with Crippen LogP contribution in [0.25, 0.3) is 0 Å². The average molecular weight is 271 g/mol. The highest BCUT2D eigenvalue weighted by Gasteiger charge is 2.24. The molecule has 0 amide bonds. The van der Waals surface area contributed by atoms with Crippen molar-refractivity contribution in [1.82, 2.24) is 9.78 Å². The molecule has 2 N–H and O–H groups in total. The van der Waals surface area contributed by atoms with E-state index >= 15 is 0 Å². The van der Waals surface area contributed by atoms with E-state index in [2.05, 4.69) is 5.10 Å². The number of benzene rings is 1. The second-order valence-electron chi connectivity index (χ2n) is 3.95. The summed E-state index contributed by atoms with van der Waals surface area (Å²) in [6.45, 7) is 1.53. The first-order chi connectivity index (χ1) is 9.47. The molecule has 100 valence electrons. The summed E-state index contributed by atoms with van der Waals surface area (Å²) in [5.41, 5.74) is 5.55. The maximum atomic E-state index is 12.3. The number of aryl methyl sites for hydroxylation is 1. The van der Waals surface area contributed by atoms with Crippen LogP contribution in [0.5, 0.6) is 0 Å². The Morgan fingerprint density at radius 3 is 2.70 bits per heavy atom. The predicted molar refractivity (Wildman–Crippen MR) is 68.9 cm³/mol. The van der Waals surface area contributed by atoms with E-state index in [1.54, 1.807) is 0 Å². The number of nitro groups is 1. The number of nitrogens with two attached hydrogens (primary N) is 1. The number of hydrogen-bond donors (Lipinski definition) is 1. The van der Waals surface area contributed by atoms with Gasteiger partial charge in [0.1, 0.15) is 23.0 Å². The third-order valence-electron chi connectivity index (χ3n) is 2.73. The van der Waals surface area contributed by atoms with Gasteiger partial charge in [-0.25, -0.2) is 0 Å². The lowest BCUT2D eigenvalue weighted by Gasteiger charge is -2.03. The Balaban J connectivity index is 2.59. The van der Waals surface area contributed by atoms with E-state index in [0.29, 0.717) is 0 Å². The van der Waals surface area contributed by atoms with Gasteiger partial charge in [-0.1, -0.05) is 12.1 Å². The van der Waals surface area contributed by atoms with Gasteiger partial charge in [0.15, 0.2) is 0 Å². The minimum absolute atomic E-state index is 0.0805. The molecule has 0 radical (unpaired) electrons. The van der Waals surface area contributed by atoms with E-state index in [1.165, 1.54) is 31.2 Å². The Morgan fingerprint density at radius 2 is 2.15 bits per heavy atom. The summed E-state index contributed by atoms with van der Waals surface area (Å²) in [6, 6.07) is 7.30. The summed E-state index contributed by atoms with van der Waals surface area (Å²) < 4.78 is 0.802. The lowest BCUT2D eigenvalue weighted by Crippen LogP contribution is -2.17. The van der Waals surface area contributed by atoms with Gasteiger partial charge in [-0.3, -0.25) is 14.9 Å². The van der Waals surface area contributed by atoms with Crippen LogP contribution in [0.4, 0.5) is 11.5 Å². The normalized spacial score (nSPS) is 10.0. The van der Waals surface area contributed by atoms with Crippen molar-refractivity contribution in [3.63, 3.8) is 0 Å². The van der Waals surface area contributed by atoms with E-state index in [9.17, 15) is 14.9 Å². The molecule has 0 aliphatic rings. The molecule has 1 heterocycles. The van der Waals surface area contributed by atoms with Crippen LogP contribution in [0.1, 0.15) is 21.6 Å². The highest BCUT2D eigenvalue weighted by molar-refractivity contribution is 6.00. The minimum atomic E-state index is -0.751. The highest BCUT2D eigenvalue weighted by atomic mass is 16.6. The van der Waals surface area contributed by atoms with Gasteiger partial charge in [-0.05, 0) is 13.0 Å². The van der Waals surface area contributed by atoms with Crippen molar-refractivity contribution in [2.75, 3.05) is 5.73 Å². The Hall–Kier alpha value is -3.21. The topological polar surface area (TPSA) is 128 Å². The number of para-hydroxylation sites is 1. The van der Waals surface area contributed by atoms with Gasteiger partial charge in [0.05, 0.1) is 10.6 Å². The standard InChI is InChI=1S/C12H9N5O3/c1-7-9(6-13)11(14)16(15-7)12(18)8-4-2-3-5-10(8)17(19)20/h2-5H,14H2,1H3. The van der Waals surface area contributed by atoms with E-state index in [-0.39, 0.29) is 28.3 Å². The summed E-state index contributed by atoms with van der Waals surface area (Å²) >= 11 is 0. The smallest absolute Gasteiger partial charge is 0.287 e. The van der Waals surface area contributed by atoms with Crippen LogP contribution >= 0.6 is 0 Å². The van der Waals surface area contributed by atoms with Crippen molar-refractivity contribution >= 4 is 17.4 Å². The lowest BCUT2D eigenvalue weighted by molar-refractivity contribution is -0.385. The molecule has 2 rings (SSSR count).